The zero-order valence-electron chi connectivity index (χ0n) is 13.2. The van der Waals surface area contributed by atoms with Crippen molar-refractivity contribution in [3.63, 3.8) is 0 Å². The molecule has 24 heavy (non-hydrogen) atoms. The van der Waals surface area contributed by atoms with Gasteiger partial charge in [0, 0.05) is 11.0 Å². The molecule has 0 aliphatic heterocycles. The van der Waals surface area contributed by atoms with E-state index in [0.717, 1.165) is 0 Å². The minimum atomic E-state index is -0.473. The van der Waals surface area contributed by atoms with E-state index < -0.39 is 11.9 Å². The van der Waals surface area contributed by atoms with E-state index in [-0.39, 0.29) is 24.7 Å². The average molecular weight is 395 g/mol. The predicted octanol–water partition coefficient (Wildman–Crippen LogP) is 3.40. The Morgan fingerprint density at radius 3 is 2.67 bits per heavy atom. The number of esters is 1. The van der Waals surface area contributed by atoms with Gasteiger partial charge in [0.2, 0.25) is 0 Å². The largest absolute Gasteiger partial charge is 0.462 e. The summed E-state index contributed by atoms with van der Waals surface area (Å²) in [5, 5.41) is 2.67. The molecule has 1 heterocycles. The Hall–Kier alpha value is -2.28. The van der Waals surface area contributed by atoms with Crippen molar-refractivity contribution in [3.05, 3.63) is 63.1 Å². The first-order valence-corrected chi connectivity index (χ1v) is 8.08. The molecule has 0 saturated carbocycles. The van der Waals surface area contributed by atoms with Crippen LogP contribution in [-0.4, -0.2) is 23.5 Å². The first-order chi connectivity index (χ1) is 11.4. The summed E-state index contributed by atoms with van der Waals surface area (Å²) < 4.78 is 18.8. The Morgan fingerprint density at radius 1 is 1.29 bits per heavy atom. The van der Waals surface area contributed by atoms with E-state index in [4.69, 9.17) is 4.74 Å². The van der Waals surface area contributed by atoms with Crippen LogP contribution < -0.4 is 5.32 Å². The van der Waals surface area contributed by atoms with Gasteiger partial charge in [-0.25, -0.2) is 14.2 Å². The quantitative estimate of drug-likeness (QED) is 0.789. The van der Waals surface area contributed by atoms with Crippen LogP contribution in [0.15, 0.2) is 34.8 Å². The van der Waals surface area contributed by atoms with Crippen molar-refractivity contribution in [2.45, 2.75) is 20.4 Å². The topological polar surface area (TPSA) is 68.3 Å². The third-order valence-electron chi connectivity index (χ3n) is 3.19. The first kappa shape index (κ1) is 18.1. The van der Waals surface area contributed by atoms with Gasteiger partial charge in [0.15, 0.2) is 0 Å². The van der Waals surface area contributed by atoms with E-state index in [0.29, 0.717) is 21.3 Å². The highest BCUT2D eigenvalue weighted by Gasteiger charge is 2.14. The number of carbonyl (C=O) groups is 2. The van der Waals surface area contributed by atoms with Crippen LogP contribution in [-0.2, 0) is 11.3 Å². The number of nitrogens with one attached hydrogen (secondary N) is 1. The summed E-state index contributed by atoms with van der Waals surface area (Å²) in [6.45, 7) is 3.78. The van der Waals surface area contributed by atoms with Gasteiger partial charge >= 0.3 is 5.97 Å². The Balaban J connectivity index is 2.07. The van der Waals surface area contributed by atoms with Crippen molar-refractivity contribution in [2.75, 3.05) is 6.61 Å². The minimum absolute atomic E-state index is 0.162. The number of pyridine rings is 1. The second-order valence-corrected chi connectivity index (χ2v) is 5.93. The van der Waals surface area contributed by atoms with E-state index in [9.17, 15) is 14.0 Å². The lowest BCUT2D eigenvalue weighted by Gasteiger charge is -2.08. The van der Waals surface area contributed by atoms with Crippen molar-refractivity contribution >= 4 is 27.8 Å². The van der Waals surface area contributed by atoms with Crippen LogP contribution in [0, 0.1) is 12.7 Å². The van der Waals surface area contributed by atoms with Gasteiger partial charge in [0.1, 0.15) is 11.5 Å². The summed E-state index contributed by atoms with van der Waals surface area (Å²) in [7, 11) is 0. The molecule has 126 valence electrons. The molecule has 0 saturated heterocycles. The normalized spacial score (nSPS) is 10.3. The van der Waals surface area contributed by atoms with Crippen molar-refractivity contribution in [1.29, 1.82) is 0 Å². The number of amides is 1. The summed E-state index contributed by atoms with van der Waals surface area (Å²) >= 11 is 3.20. The lowest BCUT2D eigenvalue weighted by atomic mass is 10.1. The fourth-order valence-corrected chi connectivity index (χ4v) is 2.61. The Bertz CT molecular complexity index is 760. The van der Waals surface area contributed by atoms with Crippen LogP contribution in [0.2, 0.25) is 0 Å². The maximum atomic E-state index is 13.3. The summed E-state index contributed by atoms with van der Waals surface area (Å²) in [4.78, 5) is 28.0. The smallest absolute Gasteiger partial charge is 0.339 e. The van der Waals surface area contributed by atoms with E-state index in [1.54, 1.807) is 19.9 Å². The molecule has 0 spiro atoms. The molecule has 0 radical (unpaired) electrons. The van der Waals surface area contributed by atoms with Gasteiger partial charge in [-0.15, -0.1) is 0 Å². The second kappa shape index (κ2) is 8.01. The van der Waals surface area contributed by atoms with Crippen LogP contribution >= 0.6 is 15.9 Å². The molecule has 1 N–H and O–H groups in total. The molecule has 0 aliphatic carbocycles. The number of aryl methyl sites for hydroxylation is 1. The number of aromatic nitrogens is 1. The minimum Gasteiger partial charge on any atom is -0.462 e. The van der Waals surface area contributed by atoms with Gasteiger partial charge in [0.05, 0.1) is 17.9 Å². The summed E-state index contributed by atoms with van der Waals surface area (Å²) in [5.74, 6) is -1.27. The van der Waals surface area contributed by atoms with Gasteiger partial charge in [-0.2, -0.15) is 0 Å². The number of benzene rings is 1. The number of nitrogens with zero attached hydrogens (tertiary/aromatic N) is 1. The molecule has 0 atom stereocenters. The lowest BCUT2D eigenvalue weighted by Crippen LogP contribution is -2.24. The van der Waals surface area contributed by atoms with Crippen molar-refractivity contribution in [3.8, 4) is 0 Å². The van der Waals surface area contributed by atoms with E-state index in [1.807, 2.05) is 0 Å². The van der Waals surface area contributed by atoms with E-state index in [2.05, 4.69) is 26.2 Å². The van der Waals surface area contributed by atoms with Gasteiger partial charge in [-0.3, -0.25) is 4.79 Å². The zero-order valence-corrected chi connectivity index (χ0v) is 14.8. The summed E-state index contributed by atoms with van der Waals surface area (Å²) in [5.41, 5.74) is 1.53. The van der Waals surface area contributed by atoms with Crippen LogP contribution in [0.25, 0.3) is 0 Å². The number of halogens is 2. The summed E-state index contributed by atoms with van der Waals surface area (Å²) in [6, 6.07) is 7.36. The molecule has 0 aliphatic rings. The van der Waals surface area contributed by atoms with Gasteiger partial charge in [-0.1, -0.05) is 15.9 Å². The van der Waals surface area contributed by atoms with Crippen LogP contribution in [0.5, 0.6) is 0 Å². The monoisotopic (exact) mass is 394 g/mol. The summed E-state index contributed by atoms with van der Waals surface area (Å²) in [6.07, 6.45) is 0. The molecule has 5 nitrogen and oxygen atoms in total. The standard InChI is InChI=1S/C17H16BrFN2O3/c1-3-24-17(23)14-4-5-15(21-10(14)2)16(22)20-9-11-6-12(18)8-13(19)7-11/h4-8H,3,9H2,1-2H3,(H,20,22). The lowest BCUT2D eigenvalue weighted by molar-refractivity contribution is 0.0524. The Kier molecular flexibility index (Phi) is 6.03. The molecule has 1 aromatic carbocycles. The zero-order chi connectivity index (χ0) is 17.7. The highest BCUT2D eigenvalue weighted by Crippen LogP contribution is 2.15. The SMILES string of the molecule is CCOC(=O)c1ccc(C(=O)NCc2cc(F)cc(Br)c2)nc1C. The fourth-order valence-electron chi connectivity index (χ4n) is 2.10. The van der Waals surface area contributed by atoms with E-state index in [1.165, 1.54) is 24.3 Å². The van der Waals surface area contributed by atoms with E-state index >= 15 is 0 Å². The number of hydrogen-bond acceptors (Lipinski definition) is 4. The molecule has 0 unspecified atom stereocenters. The average Bonchev–Trinajstić information content (AvgIpc) is 2.51. The number of carbonyl (C=O) groups excluding carboxylic acids is 2. The molecular weight excluding hydrogens is 379 g/mol. The molecule has 1 aromatic heterocycles. The Labute approximate surface area is 147 Å². The number of hydrogen-bond donors (Lipinski definition) is 1. The fraction of sp³-hybridized carbons (Fsp3) is 0.235. The third kappa shape index (κ3) is 4.61. The maximum Gasteiger partial charge on any atom is 0.339 e. The van der Waals surface area contributed by atoms with Gasteiger partial charge < -0.3 is 10.1 Å². The molecule has 1 amide bonds. The van der Waals surface area contributed by atoms with Crippen molar-refractivity contribution < 1.29 is 18.7 Å². The van der Waals surface area contributed by atoms with Gasteiger partial charge in [-0.05, 0) is 49.7 Å². The maximum absolute atomic E-state index is 13.3. The second-order valence-electron chi connectivity index (χ2n) is 5.01. The molecular formula is C17H16BrFN2O3. The van der Waals surface area contributed by atoms with Gasteiger partial charge in [0.25, 0.3) is 5.91 Å². The van der Waals surface area contributed by atoms with Crippen molar-refractivity contribution in [1.82, 2.24) is 10.3 Å². The molecule has 2 rings (SSSR count). The molecule has 0 fully saturated rings. The molecule has 7 heteroatoms. The first-order valence-electron chi connectivity index (χ1n) is 7.28. The molecule has 0 bridgehead atoms. The highest BCUT2D eigenvalue weighted by molar-refractivity contribution is 9.10. The highest BCUT2D eigenvalue weighted by atomic mass is 79.9. The van der Waals surface area contributed by atoms with Crippen LogP contribution in [0.3, 0.4) is 0 Å². The molecule has 2 aromatic rings. The predicted molar refractivity (Wildman–Crippen MR) is 90.2 cm³/mol. The van der Waals surface area contributed by atoms with Crippen LogP contribution in [0.4, 0.5) is 4.39 Å². The number of ether oxygens (including phenoxy) is 1. The number of rotatable bonds is 5. The third-order valence-corrected chi connectivity index (χ3v) is 3.65. The van der Waals surface area contributed by atoms with Crippen LogP contribution in [0.1, 0.15) is 39.0 Å². The Morgan fingerprint density at radius 2 is 2.04 bits per heavy atom. The van der Waals surface area contributed by atoms with Crippen molar-refractivity contribution in [2.24, 2.45) is 0 Å².